The van der Waals surface area contributed by atoms with Crippen molar-refractivity contribution in [2.45, 2.75) is 16.8 Å². The van der Waals surface area contributed by atoms with E-state index < -0.39 is 5.97 Å². The number of hydrogen-bond donors (Lipinski definition) is 1. The second-order valence-electron chi connectivity index (χ2n) is 3.28. The van der Waals surface area contributed by atoms with E-state index in [1.807, 2.05) is 13.0 Å². The minimum Gasteiger partial charge on any atom is -0.477 e. The van der Waals surface area contributed by atoms with Gasteiger partial charge in [0.25, 0.3) is 0 Å². The highest BCUT2D eigenvalue weighted by Gasteiger charge is 2.06. The van der Waals surface area contributed by atoms with Gasteiger partial charge in [-0.05, 0) is 25.1 Å². The van der Waals surface area contributed by atoms with Crippen molar-refractivity contribution in [2.24, 2.45) is 0 Å². The summed E-state index contributed by atoms with van der Waals surface area (Å²) in [5.74, 6) is -1.04. The standard InChI is InChI=1S/C11H9N3O2S/c1-7-4-10(14-6-13-7)17-8-2-3-12-9(5-8)11(15)16/h2-6H,1H3,(H,15,16). The molecule has 86 valence electrons. The molecule has 0 aliphatic carbocycles. The number of carboxylic acid groups (broad SMARTS) is 1. The van der Waals surface area contributed by atoms with Crippen LogP contribution in [0.4, 0.5) is 0 Å². The second kappa shape index (κ2) is 4.92. The zero-order valence-electron chi connectivity index (χ0n) is 8.99. The first-order valence-electron chi connectivity index (χ1n) is 4.81. The predicted octanol–water partition coefficient (Wildman–Crippen LogP) is 2.03. The molecule has 2 aromatic heterocycles. The summed E-state index contributed by atoms with van der Waals surface area (Å²) in [4.78, 5) is 23.4. The molecule has 1 N–H and O–H groups in total. The van der Waals surface area contributed by atoms with Gasteiger partial charge in [0.15, 0.2) is 0 Å². The Balaban J connectivity index is 2.24. The molecule has 17 heavy (non-hydrogen) atoms. The molecule has 2 heterocycles. The van der Waals surface area contributed by atoms with Crippen LogP contribution in [0.5, 0.6) is 0 Å². The molecule has 0 saturated carbocycles. The zero-order valence-corrected chi connectivity index (χ0v) is 9.81. The van der Waals surface area contributed by atoms with Crippen LogP contribution in [0.3, 0.4) is 0 Å². The summed E-state index contributed by atoms with van der Waals surface area (Å²) in [5, 5.41) is 9.60. The number of pyridine rings is 1. The first-order chi connectivity index (χ1) is 8.15. The highest BCUT2D eigenvalue weighted by molar-refractivity contribution is 7.99. The smallest absolute Gasteiger partial charge is 0.354 e. The minimum absolute atomic E-state index is 0.0285. The molecule has 2 rings (SSSR count). The summed E-state index contributed by atoms with van der Waals surface area (Å²) in [6.07, 6.45) is 2.96. The molecule has 0 spiro atoms. The van der Waals surface area contributed by atoms with Gasteiger partial charge in [-0.15, -0.1) is 0 Å². The van der Waals surface area contributed by atoms with Crippen LogP contribution < -0.4 is 0 Å². The number of carbonyl (C=O) groups is 1. The van der Waals surface area contributed by atoms with Gasteiger partial charge in [0, 0.05) is 16.8 Å². The van der Waals surface area contributed by atoms with Crippen molar-refractivity contribution < 1.29 is 9.90 Å². The third kappa shape index (κ3) is 3.01. The van der Waals surface area contributed by atoms with Crippen molar-refractivity contribution in [2.75, 3.05) is 0 Å². The summed E-state index contributed by atoms with van der Waals surface area (Å²) in [6.45, 7) is 1.88. The molecule has 0 radical (unpaired) electrons. The molecular formula is C11H9N3O2S. The fourth-order valence-electron chi connectivity index (χ4n) is 1.20. The van der Waals surface area contributed by atoms with Crippen LogP contribution >= 0.6 is 11.8 Å². The van der Waals surface area contributed by atoms with E-state index in [-0.39, 0.29) is 5.69 Å². The molecule has 0 bridgehead atoms. The van der Waals surface area contributed by atoms with Crippen molar-refractivity contribution in [3.63, 3.8) is 0 Å². The van der Waals surface area contributed by atoms with Crippen molar-refractivity contribution >= 4 is 17.7 Å². The fraction of sp³-hybridized carbons (Fsp3) is 0.0909. The van der Waals surface area contributed by atoms with Crippen molar-refractivity contribution in [1.82, 2.24) is 15.0 Å². The fourth-order valence-corrected chi connectivity index (χ4v) is 2.07. The third-order valence-corrected chi connectivity index (χ3v) is 2.87. The zero-order chi connectivity index (χ0) is 12.3. The number of nitrogens with zero attached hydrogens (tertiary/aromatic N) is 3. The quantitative estimate of drug-likeness (QED) is 0.836. The van der Waals surface area contributed by atoms with Crippen LogP contribution in [-0.2, 0) is 0 Å². The molecule has 5 nitrogen and oxygen atoms in total. The first kappa shape index (κ1) is 11.5. The van der Waals surface area contributed by atoms with Gasteiger partial charge in [0.1, 0.15) is 17.0 Å². The molecule has 0 fully saturated rings. The maximum absolute atomic E-state index is 10.8. The minimum atomic E-state index is -1.04. The maximum atomic E-state index is 10.8. The average Bonchev–Trinajstić information content (AvgIpc) is 2.29. The van der Waals surface area contributed by atoms with E-state index >= 15 is 0 Å². The SMILES string of the molecule is Cc1cc(Sc2ccnc(C(=O)O)c2)ncn1. The molecule has 0 atom stereocenters. The third-order valence-electron chi connectivity index (χ3n) is 1.95. The Labute approximate surface area is 102 Å². The lowest BCUT2D eigenvalue weighted by Gasteiger charge is -2.01. The van der Waals surface area contributed by atoms with Gasteiger partial charge in [-0.25, -0.2) is 19.7 Å². The Bertz CT molecular complexity index is 560. The molecule has 0 amide bonds. The first-order valence-corrected chi connectivity index (χ1v) is 5.62. The van der Waals surface area contributed by atoms with Crippen LogP contribution in [0.2, 0.25) is 0 Å². The molecule has 0 aliphatic heterocycles. The van der Waals surface area contributed by atoms with Crippen LogP contribution in [0, 0.1) is 6.92 Å². The Morgan fingerprint density at radius 1 is 1.29 bits per heavy atom. The van der Waals surface area contributed by atoms with E-state index in [2.05, 4.69) is 15.0 Å². The lowest BCUT2D eigenvalue weighted by Crippen LogP contribution is -1.99. The van der Waals surface area contributed by atoms with Gasteiger partial charge in [-0.3, -0.25) is 0 Å². The van der Waals surface area contributed by atoms with Crippen LogP contribution in [0.1, 0.15) is 16.2 Å². The Kier molecular flexibility index (Phi) is 3.34. The summed E-state index contributed by atoms with van der Waals surface area (Å²) in [6, 6.07) is 5.10. The topological polar surface area (TPSA) is 76.0 Å². The molecule has 0 aromatic carbocycles. The van der Waals surface area contributed by atoms with Gasteiger partial charge >= 0.3 is 5.97 Å². The van der Waals surface area contributed by atoms with Gasteiger partial charge in [0.2, 0.25) is 0 Å². The summed E-state index contributed by atoms with van der Waals surface area (Å²) >= 11 is 1.38. The van der Waals surface area contributed by atoms with E-state index in [1.54, 1.807) is 6.07 Å². The average molecular weight is 247 g/mol. The van der Waals surface area contributed by atoms with E-state index in [0.717, 1.165) is 15.6 Å². The van der Waals surface area contributed by atoms with Gasteiger partial charge in [-0.2, -0.15) is 0 Å². The normalized spacial score (nSPS) is 10.2. The molecule has 0 saturated heterocycles. The Hall–Kier alpha value is -1.95. The van der Waals surface area contributed by atoms with Crippen LogP contribution in [0.25, 0.3) is 0 Å². The van der Waals surface area contributed by atoms with Crippen molar-refractivity contribution in [3.8, 4) is 0 Å². The largest absolute Gasteiger partial charge is 0.477 e. The molecular weight excluding hydrogens is 238 g/mol. The van der Waals surface area contributed by atoms with Crippen molar-refractivity contribution in [1.29, 1.82) is 0 Å². The molecule has 0 aliphatic rings. The molecule has 0 unspecified atom stereocenters. The maximum Gasteiger partial charge on any atom is 0.354 e. The lowest BCUT2D eigenvalue weighted by molar-refractivity contribution is 0.0690. The van der Waals surface area contributed by atoms with E-state index in [9.17, 15) is 4.79 Å². The van der Waals surface area contributed by atoms with Crippen LogP contribution in [-0.4, -0.2) is 26.0 Å². The number of aromatic nitrogens is 3. The van der Waals surface area contributed by atoms with Crippen LogP contribution in [0.15, 0.2) is 40.6 Å². The molecule has 2 aromatic rings. The number of hydrogen-bond acceptors (Lipinski definition) is 5. The summed E-state index contributed by atoms with van der Waals surface area (Å²) in [5.41, 5.74) is 0.899. The predicted molar refractivity (Wildman–Crippen MR) is 62.1 cm³/mol. The van der Waals surface area contributed by atoms with E-state index in [1.165, 1.54) is 30.4 Å². The van der Waals surface area contributed by atoms with Crippen molar-refractivity contribution in [3.05, 3.63) is 42.1 Å². The van der Waals surface area contributed by atoms with Gasteiger partial charge in [-0.1, -0.05) is 11.8 Å². The molecule has 6 heteroatoms. The van der Waals surface area contributed by atoms with Gasteiger partial charge in [0.05, 0.1) is 0 Å². The highest BCUT2D eigenvalue weighted by Crippen LogP contribution is 2.25. The number of rotatable bonds is 3. The summed E-state index contributed by atoms with van der Waals surface area (Å²) < 4.78 is 0. The Morgan fingerprint density at radius 3 is 2.82 bits per heavy atom. The lowest BCUT2D eigenvalue weighted by atomic mass is 10.3. The van der Waals surface area contributed by atoms with E-state index in [4.69, 9.17) is 5.11 Å². The summed E-state index contributed by atoms with van der Waals surface area (Å²) in [7, 11) is 0. The second-order valence-corrected chi connectivity index (χ2v) is 4.38. The number of carboxylic acids is 1. The Morgan fingerprint density at radius 2 is 2.12 bits per heavy atom. The van der Waals surface area contributed by atoms with Gasteiger partial charge < -0.3 is 5.11 Å². The number of aromatic carboxylic acids is 1. The highest BCUT2D eigenvalue weighted by atomic mass is 32.2. The van der Waals surface area contributed by atoms with E-state index in [0.29, 0.717) is 0 Å². The number of aryl methyl sites for hydroxylation is 1. The monoisotopic (exact) mass is 247 g/mol.